The molecule has 2 rings (SSSR count). The van der Waals surface area contributed by atoms with E-state index < -0.39 is 55.4 Å². The fraction of sp³-hybridized carbons (Fsp3) is 0.833. The van der Waals surface area contributed by atoms with Crippen LogP contribution in [0.4, 0.5) is 4.79 Å². The lowest BCUT2D eigenvalue weighted by molar-refractivity contribution is -0.151. The van der Waals surface area contributed by atoms with Gasteiger partial charge in [0, 0.05) is 19.6 Å². The number of hydrogen-bond acceptors (Lipinski definition) is 8. The molecule has 39 heavy (non-hydrogen) atoms. The number of rotatable bonds is 15. The van der Waals surface area contributed by atoms with Gasteiger partial charge in [0.2, 0.25) is 5.91 Å². The molecule has 2 heterocycles. The average Bonchev–Trinajstić information content (AvgIpc) is 3.40. The van der Waals surface area contributed by atoms with Crippen LogP contribution in [0.5, 0.6) is 0 Å². The SMILES string of the molecule is CCCC[C@@H](NC(=O)[C@H](CCCCN)NC(=O)N1CCOCC1)P(=O)(O)OC(C)C(=O)N1CCC[C@H]1C(=O)O. The molecular weight excluding hydrogens is 533 g/mol. The van der Waals surface area contributed by atoms with Crippen LogP contribution in [0, 0.1) is 0 Å². The number of carboxylic acid groups (broad SMARTS) is 1. The highest BCUT2D eigenvalue weighted by atomic mass is 31.2. The van der Waals surface area contributed by atoms with Crippen LogP contribution in [0.25, 0.3) is 0 Å². The minimum absolute atomic E-state index is 0.103. The number of carbonyl (C=O) groups is 4. The number of nitrogens with one attached hydrogen (secondary N) is 2. The number of likely N-dealkylation sites (tertiary alicyclic amines) is 1. The summed E-state index contributed by atoms with van der Waals surface area (Å²) < 4.78 is 24.0. The molecule has 14 nitrogen and oxygen atoms in total. The lowest BCUT2D eigenvalue weighted by Crippen LogP contribution is -2.54. The van der Waals surface area contributed by atoms with Crippen molar-refractivity contribution in [3.8, 4) is 0 Å². The number of aliphatic carboxylic acids is 1. The summed E-state index contributed by atoms with van der Waals surface area (Å²) in [5.74, 6) is -3.82. The molecule has 15 heteroatoms. The van der Waals surface area contributed by atoms with Gasteiger partial charge in [-0.3, -0.25) is 18.7 Å². The molecule has 0 aliphatic carbocycles. The van der Waals surface area contributed by atoms with Gasteiger partial charge in [-0.15, -0.1) is 0 Å². The largest absolute Gasteiger partial charge is 0.480 e. The molecule has 0 bridgehead atoms. The number of unbranched alkanes of at least 4 members (excludes halogenated alkanes) is 2. The van der Waals surface area contributed by atoms with E-state index in [1.807, 2.05) is 6.92 Å². The van der Waals surface area contributed by atoms with E-state index in [9.17, 15) is 33.7 Å². The van der Waals surface area contributed by atoms with Crippen LogP contribution in [0.2, 0.25) is 0 Å². The van der Waals surface area contributed by atoms with Gasteiger partial charge in [-0.25, -0.2) is 9.59 Å². The number of nitrogens with two attached hydrogens (primary N) is 1. The van der Waals surface area contributed by atoms with Crippen molar-refractivity contribution < 1.29 is 43.0 Å². The first-order chi connectivity index (χ1) is 18.5. The topological polar surface area (TPSA) is 201 Å². The lowest BCUT2D eigenvalue weighted by atomic mass is 10.1. The quantitative estimate of drug-likeness (QED) is 0.137. The molecule has 0 spiro atoms. The summed E-state index contributed by atoms with van der Waals surface area (Å²) in [4.78, 5) is 64.0. The molecular formula is C24H44N5O9P. The van der Waals surface area contributed by atoms with Crippen LogP contribution in [0.3, 0.4) is 0 Å². The number of hydrogen-bond donors (Lipinski definition) is 5. The molecule has 0 aromatic rings. The third-order valence-corrected chi connectivity index (χ3v) is 8.66. The van der Waals surface area contributed by atoms with Crippen LogP contribution in [-0.4, -0.2) is 107 Å². The summed E-state index contributed by atoms with van der Waals surface area (Å²) in [6.07, 6.45) is 2.12. The standard InChI is InChI=1S/C24H44N5O9P/c1-3-4-10-20(39(35,36)38-17(2)22(31)29-12-7-9-19(29)23(32)33)27-21(30)18(8-5-6-11-25)26-24(34)28-13-15-37-16-14-28/h17-20H,3-16,25H2,1-2H3,(H,26,34)(H,27,30)(H,32,33)(H,35,36)/t17?,18-,19-,20-/m0/s1. The van der Waals surface area contributed by atoms with Crippen LogP contribution < -0.4 is 16.4 Å². The second-order valence-corrected chi connectivity index (χ2v) is 11.9. The molecule has 4 amide bonds. The Hall–Kier alpha value is -2.25. The Morgan fingerprint density at radius 1 is 1.10 bits per heavy atom. The highest BCUT2D eigenvalue weighted by Gasteiger charge is 2.41. The molecule has 2 unspecified atom stereocenters. The number of urea groups is 1. The normalized spacial score (nSPS) is 21.5. The fourth-order valence-electron chi connectivity index (χ4n) is 4.61. The number of carboxylic acids is 1. The molecule has 2 saturated heterocycles. The van der Waals surface area contributed by atoms with Crippen molar-refractivity contribution in [3.63, 3.8) is 0 Å². The number of ether oxygens (including phenoxy) is 1. The summed E-state index contributed by atoms with van der Waals surface area (Å²) in [7, 11) is -4.60. The van der Waals surface area contributed by atoms with Crippen LogP contribution in [0.1, 0.15) is 65.2 Å². The zero-order valence-electron chi connectivity index (χ0n) is 22.9. The lowest BCUT2D eigenvalue weighted by Gasteiger charge is -2.31. The minimum Gasteiger partial charge on any atom is -0.480 e. The Bertz CT molecular complexity index is 886. The maximum atomic E-state index is 13.4. The maximum Gasteiger partial charge on any atom is 0.350 e. The zero-order chi connectivity index (χ0) is 29.0. The number of nitrogens with zero attached hydrogens (tertiary/aromatic N) is 2. The number of amides is 4. The van der Waals surface area contributed by atoms with Gasteiger partial charge in [0.05, 0.1) is 13.2 Å². The van der Waals surface area contributed by atoms with Gasteiger partial charge >= 0.3 is 19.6 Å². The summed E-state index contributed by atoms with van der Waals surface area (Å²) in [6.45, 7) is 5.34. The van der Waals surface area contributed by atoms with E-state index in [1.54, 1.807) is 0 Å². The third kappa shape index (κ3) is 10.0. The molecule has 0 aromatic heterocycles. The van der Waals surface area contributed by atoms with E-state index in [4.69, 9.17) is 15.0 Å². The Kier molecular flexibility index (Phi) is 13.6. The molecule has 2 aliphatic rings. The first-order valence-electron chi connectivity index (χ1n) is 13.7. The first kappa shape index (κ1) is 33.0. The molecule has 0 radical (unpaired) electrons. The van der Waals surface area contributed by atoms with E-state index in [0.29, 0.717) is 71.4 Å². The zero-order valence-corrected chi connectivity index (χ0v) is 23.8. The second kappa shape index (κ2) is 16.1. The van der Waals surface area contributed by atoms with Crippen LogP contribution >= 0.6 is 7.60 Å². The van der Waals surface area contributed by atoms with Crippen molar-refractivity contribution in [2.24, 2.45) is 5.73 Å². The Morgan fingerprint density at radius 2 is 1.79 bits per heavy atom. The Balaban J connectivity index is 2.12. The van der Waals surface area contributed by atoms with Crippen molar-refractivity contribution in [3.05, 3.63) is 0 Å². The second-order valence-electron chi connectivity index (χ2n) is 9.89. The van der Waals surface area contributed by atoms with Gasteiger partial charge in [-0.2, -0.15) is 0 Å². The third-order valence-electron chi connectivity index (χ3n) is 6.87. The smallest absolute Gasteiger partial charge is 0.350 e. The molecule has 0 saturated carbocycles. The van der Waals surface area contributed by atoms with Gasteiger partial charge in [0.25, 0.3) is 5.91 Å². The van der Waals surface area contributed by atoms with Gasteiger partial charge in [0.15, 0.2) is 0 Å². The fourth-order valence-corrected chi connectivity index (χ4v) is 6.10. The van der Waals surface area contributed by atoms with Crippen LogP contribution in [0.15, 0.2) is 0 Å². The van der Waals surface area contributed by atoms with Crippen molar-refractivity contribution in [2.75, 3.05) is 39.4 Å². The van der Waals surface area contributed by atoms with Crippen molar-refractivity contribution in [2.45, 2.75) is 89.2 Å². The predicted octanol–water partition coefficient (Wildman–Crippen LogP) is 0.824. The van der Waals surface area contributed by atoms with E-state index in [0.717, 1.165) is 4.90 Å². The van der Waals surface area contributed by atoms with Crippen molar-refractivity contribution >= 4 is 31.4 Å². The summed E-state index contributed by atoms with van der Waals surface area (Å²) >= 11 is 0. The Morgan fingerprint density at radius 3 is 2.41 bits per heavy atom. The summed E-state index contributed by atoms with van der Waals surface area (Å²) in [6, 6.07) is -2.42. The molecule has 2 aliphatic heterocycles. The number of carbonyl (C=O) groups excluding carboxylic acids is 3. The van der Waals surface area contributed by atoms with E-state index in [1.165, 1.54) is 11.8 Å². The Labute approximate surface area is 229 Å². The average molecular weight is 578 g/mol. The van der Waals surface area contributed by atoms with Gasteiger partial charge in [0.1, 0.15) is 24.0 Å². The van der Waals surface area contributed by atoms with E-state index in [-0.39, 0.29) is 19.4 Å². The summed E-state index contributed by atoms with van der Waals surface area (Å²) in [5.41, 5.74) is 5.58. The monoisotopic (exact) mass is 577 g/mol. The first-order valence-corrected chi connectivity index (χ1v) is 15.3. The minimum atomic E-state index is -4.60. The maximum absolute atomic E-state index is 13.4. The molecule has 5 atom stereocenters. The van der Waals surface area contributed by atoms with Crippen LogP contribution in [-0.2, 0) is 28.2 Å². The molecule has 224 valence electrons. The molecule has 6 N–H and O–H groups in total. The van der Waals surface area contributed by atoms with E-state index in [2.05, 4.69) is 10.6 Å². The van der Waals surface area contributed by atoms with Gasteiger partial charge in [-0.05, 0) is 52.0 Å². The van der Waals surface area contributed by atoms with Gasteiger partial charge in [-0.1, -0.05) is 19.8 Å². The highest BCUT2D eigenvalue weighted by Crippen LogP contribution is 2.49. The van der Waals surface area contributed by atoms with Crippen molar-refractivity contribution in [1.29, 1.82) is 0 Å². The van der Waals surface area contributed by atoms with Gasteiger partial charge < -0.3 is 40.9 Å². The summed E-state index contributed by atoms with van der Waals surface area (Å²) in [5, 5.41) is 14.7. The molecule has 2 fully saturated rings. The molecule has 0 aromatic carbocycles. The number of morpholine rings is 1. The predicted molar refractivity (Wildman–Crippen MR) is 142 cm³/mol. The highest BCUT2D eigenvalue weighted by molar-refractivity contribution is 7.53. The van der Waals surface area contributed by atoms with E-state index >= 15 is 0 Å². The van der Waals surface area contributed by atoms with Crippen molar-refractivity contribution in [1.82, 2.24) is 20.4 Å².